The first-order valence-electron chi connectivity index (χ1n) is 6.56. The molecule has 1 atom stereocenters. The number of halogens is 1. The highest BCUT2D eigenvalue weighted by molar-refractivity contribution is 6.30. The second-order valence-electron chi connectivity index (χ2n) is 4.97. The Morgan fingerprint density at radius 1 is 1.37 bits per heavy atom. The number of nitrogens with one attached hydrogen (secondary N) is 1. The zero-order chi connectivity index (χ0) is 13.2. The first kappa shape index (κ1) is 12.4. The normalized spacial score (nSPS) is 17.9. The molecule has 1 N–H and O–H groups in total. The van der Waals surface area contributed by atoms with Crippen LogP contribution in [0.1, 0.15) is 35.7 Å². The molecular formula is C15H16ClN3. The summed E-state index contributed by atoms with van der Waals surface area (Å²) in [5.41, 5.74) is 4.51. The Hall–Kier alpha value is -1.61. The lowest BCUT2D eigenvalue weighted by Gasteiger charge is -2.26. The van der Waals surface area contributed by atoms with Gasteiger partial charge >= 0.3 is 0 Å². The first-order chi connectivity index (χ1) is 9.24. The van der Waals surface area contributed by atoms with Gasteiger partial charge in [0.25, 0.3) is 0 Å². The number of hydrogen-bond donors (Lipinski definition) is 1. The number of anilines is 1. The van der Waals surface area contributed by atoms with Crippen LogP contribution in [0.5, 0.6) is 0 Å². The fraction of sp³-hybridized carbons (Fsp3) is 0.333. The molecule has 4 heteroatoms. The summed E-state index contributed by atoms with van der Waals surface area (Å²) >= 11 is 5.95. The fourth-order valence-electron chi connectivity index (χ4n) is 2.59. The van der Waals surface area contributed by atoms with Gasteiger partial charge < -0.3 is 5.32 Å². The van der Waals surface area contributed by atoms with Gasteiger partial charge in [-0.2, -0.15) is 0 Å². The number of aryl methyl sites for hydroxylation is 2. The monoisotopic (exact) mass is 273 g/mol. The minimum atomic E-state index is 0.271. The number of fused-ring (bicyclic) bond motifs is 1. The molecule has 2 aromatic rings. The summed E-state index contributed by atoms with van der Waals surface area (Å²) in [6, 6.07) is 6.48. The van der Waals surface area contributed by atoms with E-state index in [1.54, 1.807) is 6.20 Å². The summed E-state index contributed by atoms with van der Waals surface area (Å²) in [6.07, 6.45) is 7.07. The Morgan fingerprint density at radius 3 is 3.11 bits per heavy atom. The van der Waals surface area contributed by atoms with Crippen molar-refractivity contribution in [1.29, 1.82) is 0 Å². The maximum atomic E-state index is 5.95. The van der Waals surface area contributed by atoms with E-state index in [2.05, 4.69) is 21.4 Å². The number of rotatable bonds is 2. The quantitative estimate of drug-likeness (QED) is 0.843. The molecule has 19 heavy (non-hydrogen) atoms. The number of hydrogen-bond acceptors (Lipinski definition) is 3. The predicted molar refractivity (Wildman–Crippen MR) is 77.5 cm³/mol. The van der Waals surface area contributed by atoms with Crippen LogP contribution in [-0.4, -0.2) is 9.97 Å². The van der Waals surface area contributed by atoms with Crippen molar-refractivity contribution in [2.24, 2.45) is 0 Å². The maximum absolute atomic E-state index is 5.95. The second kappa shape index (κ2) is 5.17. The maximum Gasteiger partial charge on any atom is 0.132 e. The zero-order valence-electron chi connectivity index (χ0n) is 10.9. The Balaban J connectivity index is 1.86. The first-order valence-corrected chi connectivity index (χ1v) is 6.94. The smallest absolute Gasteiger partial charge is 0.132 e. The van der Waals surface area contributed by atoms with Gasteiger partial charge in [-0.05, 0) is 49.4 Å². The number of pyridine rings is 2. The topological polar surface area (TPSA) is 37.8 Å². The lowest BCUT2D eigenvalue weighted by Crippen LogP contribution is -2.19. The van der Waals surface area contributed by atoms with Crippen molar-refractivity contribution in [3.8, 4) is 0 Å². The second-order valence-corrected chi connectivity index (χ2v) is 5.33. The van der Waals surface area contributed by atoms with Crippen molar-refractivity contribution in [3.05, 3.63) is 52.6 Å². The molecule has 2 aromatic heterocycles. The van der Waals surface area contributed by atoms with Crippen LogP contribution in [0, 0.1) is 6.92 Å². The van der Waals surface area contributed by atoms with Crippen LogP contribution in [-0.2, 0) is 6.42 Å². The molecule has 3 rings (SSSR count). The summed E-state index contributed by atoms with van der Waals surface area (Å²) in [5, 5.41) is 4.08. The molecule has 0 saturated carbocycles. The standard InChI is InChI=1S/C15H16ClN3/c1-10-8-12(9-18-15(10)16)19-13-6-2-4-11-5-3-7-17-14(11)13/h3,5,7-9,13,19H,2,4,6H2,1H3. The van der Waals surface area contributed by atoms with Crippen LogP contribution in [0.15, 0.2) is 30.6 Å². The number of nitrogens with zero attached hydrogens (tertiary/aromatic N) is 2. The summed E-state index contributed by atoms with van der Waals surface area (Å²) in [5.74, 6) is 0. The van der Waals surface area contributed by atoms with Crippen molar-refractivity contribution >= 4 is 17.3 Å². The minimum absolute atomic E-state index is 0.271. The van der Waals surface area contributed by atoms with Gasteiger partial charge in [-0.15, -0.1) is 0 Å². The van der Waals surface area contributed by atoms with E-state index < -0.39 is 0 Å². The minimum Gasteiger partial charge on any atom is -0.375 e. The molecule has 0 bridgehead atoms. The third-order valence-corrected chi connectivity index (χ3v) is 3.95. The largest absolute Gasteiger partial charge is 0.375 e. The van der Waals surface area contributed by atoms with E-state index in [0.717, 1.165) is 24.1 Å². The lowest BCUT2D eigenvalue weighted by molar-refractivity contribution is 0.583. The molecule has 0 saturated heterocycles. The lowest BCUT2D eigenvalue weighted by atomic mass is 9.92. The molecule has 98 valence electrons. The van der Waals surface area contributed by atoms with Gasteiger partial charge in [-0.1, -0.05) is 17.7 Å². The summed E-state index contributed by atoms with van der Waals surface area (Å²) < 4.78 is 0. The van der Waals surface area contributed by atoms with Gasteiger partial charge in [-0.3, -0.25) is 4.98 Å². The fourth-order valence-corrected chi connectivity index (χ4v) is 2.69. The Bertz CT molecular complexity index is 598. The average Bonchev–Trinajstić information content (AvgIpc) is 2.43. The molecule has 0 radical (unpaired) electrons. The van der Waals surface area contributed by atoms with Crippen LogP contribution >= 0.6 is 11.6 Å². The highest BCUT2D eigenvalue weighted by atomic mass is 35.5. The van der Waals surface area contributed by atoms with Crippen molar-refractivity contribution in [2.45, 2.75) is 32.2 Å². The molecule has 0 aliphatic heterocycles. The van der Waals surface area contributed by atoms with Crippen molar-refractivity contribution in [2.75, 3.05) is 5.32 Å². The van der Waals surface area contributed by atoms with Crippen LogP contribution in [0.25, 0.3) is 0 Å². The molecule has 0 amide bonds. The molecule has 1 unspecified atom stereocenters. The molecule has 1 aliphatic carbocycles. The summed E-state index contributed by atoms with van der Waals surface area (Å²) in [7, 11) is 0. The van der Waals surface area contributed by atoms with Gasteiger partial charge in [0.15, 0.2) is 0 Å². The molecule has 3 nitrogen and oxygen atoms in total. The molecule has 0 aromatic carbocycles. The average molecular weight is 274 g/mol. The zero-order valence-corrected chi connectivity index (χ0v) is 11.6. The van der Waals surface area contributed by atoms with Crippen molar-refractivity contribution < 1.29 is 0 Å². The van der Waals surface area contributed by atoms with Crippen LogP contribution in [0.2, 0.25) is 5.15 Å². The van der Waals surface area contributed by atoms with E-state index in [4.69, 9.17) is 11.6 Å². The van der Waals surface area contributed by atoms with E-state index in [1.807, 2.05) is 25.3 Å². The van der Waals surface area contributed by atoms with Crippen molar-refractivity contribution in [1.82, 2.24) is 9.97 Å². The molecule has 0 fully saturated rings. The molecule has 0 spiro atoms. The van der Waals surface area contributed by atoms with E-state index in [9.17, 15) is 0 Å². The van der Waals surface area contributed by atoms with Gasteiger partial charge in [0.05, 0.1) is 23.6 Å². The van der Waals surface area contributed by atoms with E-state index in [1.165, 1.54) is 17.7 Å². The van der Waals surface area contributed by atoms with Crippen LogP contribution in [0.3, 0.4) is 0 Å². The third kappa shape index (κ3) is 2.56. The molecule has 1 aliphatic rings. The van der Waals surface area contributed by atoms with Crippen molar-refractivity contribution in [3.63, 3.8) is 0 Å². The van der Waals surface area contributed by atoms with E-state index in [0.29, 0.717) is 5.15 Å². The van der Waals surface area contributed by atoms with Gasteiger partial charge in [0, 0.05) is 6.20 Å². The van der Waals surface area contributed by atoms with Gasteiger partial charge in [0.1, 0.15) is 5.15 Å². The third-order valence-electron chi connectivity index (χ3n) is 3.55. The number of aromatic nitrogens is 2. The molecule has 2 heterocycles. The van der Waals surface area contributed by atoms with Crippen LogP contribution < -0.4 is 5.32 Å². The van der Waals surface area contributed by atoms with Gasteiger partial charge in [0.2, 0.25) is 0 Å². The predicted octanol–water partition coefficient (Wildman–Crippen LogP) is 3.93. The SMILES string of the molecule is Cc1cc(NC2CCCc3cccnc32)cnc1Cl. The Morgan fingerprint density at radius 2 is 2.26 bits per heavy atom. The van der Waals surface area contributed by atoms with E-state index in [-0.39, 0.29) is 6.04 Å². The van der Waals surface area contributed by atoms with Gasteiger partial charge in [-0.25, -0.2) is 4.98 Å². The highest BCUT2D eigenvalue weighted by Crippen LogP contribution is 2.31. The summed E-state index contributed by atoms with van der Waals surface area (Å²) in [4.78, 5) is 8.71. The summed E-state index contributed by atoms with van der Waals surface area (Å²) in [6.45, 7) is 1.97. The Labute approximate surface area is 118 Å². The van der Waals surface area contributed by atoms with E-state index >= 15 is 0 Å². The molecular weight excluding hydrogens is 258 g/mol. The highest BCUT2D eigenvalue weighted by Gasteiger charge is 2.21. The van der Waals surface area contributed by atoms with Crippen LogP contribution in [0.4, 0.5) is 5.69 Å². The Kier molecular flexibility index (Phi) is 3.38.